The minimum Gasteiger partial charge on any atom is -0.373 e. The van der Waals surface area contributed by atoms with Gasteiger partial charge in [0.25, 0.3) is 5.78 Å². The quantitative estimate of drug-likeness (QED) is 0.904. The Morgan fingerprint density at radius 1 is 1.33 bits per heavy atom. The van der Waals surface area contributed by atoms with E-state index in [1.165, 1.54) is 6.33 Å². The van der Waals surface area contributed by atoms with Crippen LogP contribution in [0.1, 0.15) is 19.5 Å². The highest BCUT2D eigenvalue weighted by Gasteiger charge is 2.21. The maximum atomic E-state index is 5.75. The smallest absolute Gasteiger partial charge is 0.254 e. The first-order chi connectivity index (χ1) is 10.1. The molecule has 2 atom stereocenters. The number of hydrogen-bond donors (Lipinski definition) is 1. The number of fused-ring (bicyclic) bond motifs is 1. The molecule has 3 rings (SSSR count). The van der Waals surface area contributed by atoms with Gasteiger partial charge in [-0.05, 0) is 20.8 Å². The van der Waals surface area contributed by atoms with Gasteiger partial charge in [-0.2, -0.15) is 14.6 Å². The zero-order valence-electron chi connectivity index (χ0n) is 12.8. The van der Waals surface area contributed by atoms with Crippen molar-refractivity contribution >= 4 is 11.6 Å². The topological polar surface area (TPSA) is 67.6 Å². The molecule has 1 aliphatic rings. The van der Waals surface area contributed by atoms with Gasteiger partial charge in [0, 0.05) is 37.9 Å². The van der Waals surface area contributed by atoms with Crippen LogP contribution < -0.4 is 5.32 Å². The van der Waals surface area contributed by atoms with E-state index in [0.29, 0.717) is 18.0 Å². The molecule has 114 valence electrons. The second kappa shape index (κ2) is 5.95. The van der Waals surface area contributed by atoms with Gasteiger partial charge in [0.1, 0.15) is 12.1 Å². The minimum absolute atomic E-state index is 0.305. The first-order valence-electron chi connectivity index (χ1n) is 7.41. The Morgan fingerprint density at radius 3 is 2.86 bits per heavy atom. The molecule has 3 heterocycles. The molecule has 0 radical (unpaired) electrons. The second-order valence-corrected chi connectivity index (χ2v) is 5.70. The van der Waals surface area contributed by atoms with Crippen LogP contribution in [0.4, 0.5) is 5.82 Å². The van der Waals surface area contributed by atoms with Crippen molar-refractivity contribution in [2.45, 2.75) is 33.0 Å². The molecule has 0 spiro atoms. The second-order valence-electron chi connectivity index (χ2n) is 5.70. The molecule has 0 aliphatic carbocycles. The predicted molar refractivity (Wildman–Crippen MR) is 80.5 cm³/mol. The van der Waals surface area contributed by atoms with Gasteiger partial charge in [-0.25, -0.2) is 4.98 Å². The third kappa shape index (κ3) is 3.30. The molecule has 0 bridgehead atoms. The summed E-state index contributed by atoms with van der Waals surface area (Å²) >= 11 is 0. The maximum Gasteiger partial charge on any atom is 0.254 e. The largest absolute Gasteiger partial charge is 0.373 e. The van der Waals surface area contributed by atoms with E-state index in [4.69, 9.17) is 4.74 Å². The zero-order valence-corrected chi connectivity index (χ0v) is 12.8. The Labute approximate surface area is 124 Å². The summed E-state index contributed by atoms with van der Waals surface area (Å²) in [6.07, 6.45) is 2.14. The standard InChI is InChI=1S/C14H22N6O/c1-10-6-13(20-14(18-10)16-9-17-20)15-4-5-19-7-11(2)21-12(3)8-19/h6,9,11-12,15H,4-5,7-8H2,1-3H3/t11-,12+. The lowest BCUT2D eigenvalue weighted by atomic mass is 10.2. The van der Waals surface area contributed by atoms with Crippen LogP contribution in [0, 0.1) is 6.92 Å². The lowest BCUT2D eigenvalue weighted by Crippen LogP contribution is -2.46. The molecule has 1 aliphatic heterocycles. The van der Waals surface area contributed by atoms with E-state index in [1.807, 2.05) is 13.0 Å². The summed E-state index contributed by atoms with van der Waals surface area (Å²) in [6, 6.07) is 1.99. The Kier molecular flexibility index (Phi) is 4.03. The number of anilines is 1. The van der Waals surface area contributed by atoms with Gasteiger partial charge < -0.3 is 10.1 Å². The number of morpholine rings is 1. The third-order valence-electron chi connectivity index (χ3n) is 3.61. The first-order valence-corrected chi connectivity index (χ1v) is 7.41. The fraction of sp³-hybridized carbons (Fsp3) is 0.643. The molecule has 0 aromatic carbocycles. The van der Waals surface area contributed by atoms with Gasteiger partial charge in [-0.1, -0.05) is 0 Å². The minimum atomic E-state index is 0.305. The number of ether oxygens (including phenoxy) is 1. The van der Waals surface area contributed by atoms with E-state index < -0.39 is 0 Å². The molecule has 2 aromatic heterocycles. The van der Waals surface area contributed by atoms with Crippen LogP contribution in [0.3, 0.4) is 0 Å². The number of rotatable bonds is 4. The summed E-state index contributed by atoms with van der Waals surface area (Å²) in [7, 11) is 0. The van der Waals surface area contributed by atoms with E-state index in [1.54, 1.807) is 4.52 Å². The molecule has 7 heteroatoms. The summed E-state index contributed by atoms with van der Waals surface area (Å²) < 4.78 is 7.48. The van der Waals surface area contributed by atoms with Gasteiger partial charge >= 0.3 is 0 Å². The monoisotopic (exact) mass is 290 g/mol. The lowest BCUT2D eigenvalue weighted by molar-refractivity contribution is -0.0667. The van der Waals surface area contributed by atoms with Crippen molar-refractivity contribution in [3.63, 3.8) is 0 Å². The Balaban J connectivity index is 1.60. The first kappa shape index (κ1) is 14.2. The van der Waals surface area contributed by atoms with Gasteiger partial charge in [-0.3, -0.25) is 4.90 Å². The van der Waals surface area contributed by atoms with Crippen molar-refractivity contribution in [2.24, 2.45) is 0 Å². The summed E-state index contributed by atoms with van der Waals surface area (Å²) in [5, 5.41) is 7.63. The van der Waals surface area contributed by atoms with Crippen molar-refractivity contribution < 1.29 is 4.74 Å². The van der Waals surface area contributed by atoms with E-state index in [-0.39, 0.29) is 0 Å². The molecule has 1 fully saturated rings. The fourth-order valence-corrected chi connectivity index (χ4v) is 2.87. The van der Waals surface area contributed by atoms with Gasteiger partial charge in [0.15, 0.2) is 0 Å². The van der Waals surface area contributed by atoms with Gasteiger partial charge in [0.05, 0.1) is 12.2 Å². The highest BCUT2D eigenvalue weighted by molar-refractivity contribution is 5.44. The molecule has 2 aromatic rings. The number of nitrogens with zero attached hydrogens (tertiary/aromatic N) is 5. The summed E-state index contributed by atoms with van der Waals surface area (Å²) in [4.78, 5) is 10.9. The SMILES string of the molecule is Cc1cc(NCCN2C[C@@H](C)O[C@@H](C)C2)n2ncnc2n1. The highest BCUT2D eigenvalue weighted by Crippen LogP contribution is 2.12. The van der Waals surface area contributed by atoms with Crippen LogP contribution in [0.15, 0.2) is 12.4 Å². The lowest BCUT2D eigenvalue weighted by Gasteiger charge is -2.35. The van der Waals surface area contributed by atoms with Crippen molar-refractivity contribution in [3.05, 3.63) is 18.1 Å². The Hall–Kier alpha value is -1.73. The van der Waals surface area contributed by atoms with E-state index in [9.17, 15) is 0 Å². The fourth-order valence-electron chi connectivity index (χ4n) is 2.87. The van der Waals surface area contributed by atoms with Crippen LogP contribution >= 0.6 is 0 Å². The summed E-state index contributed by atoms with van der Waals surface area (Å²) in [6.45, 7) is 10.0. The molecule has 0 amide bonds. The molecule has 7 nitrogen and oxygen atoms in total. The van der Waals surface area contributed by atoms with E-state index in [0.717, 1.165) is 37.7 Å². The molecule has 1 saturated heterocycles. The molecule has 0 saturated carbocycles. The van der Waals surface area contributed by atoms with Crippen LogP contribution in [0.2, 0.25) is 0 Å². The molecular weight excluding hydrogens is 268 g/mol. The zero-order chi connectivity index (χ0) is 14.8. The molecule has 0 unspecified atom stereocenters. The Bertz CT molecular complexity index is 603. The molecule has 21 heavy (non-hydrogen) atoms. The predicted octanol–water partition coefficient (Wildman–Crippen LogP) is 0.954. The van der Waals surface area contributed by atoms with Gasteiger partial charge in [0.2, 0.25) is 0 Å². The number of hydrogen-bond acceptors (Lipinski definition) is 6. The van der Waals surface area contributed by atoms with Gasteiger partial charge in [-0.15, -0.1) is 0 Å². The Morgan fingerprint density at radius 2 is 2.10 bits per heavy atom. The third-order valence-corrected chi connectivity index (χ3v) is 3.61. The van der Waals surface area contributed by atoms with Crippen molar-refractivity contribution in [1.29, 1.82) is 0 Å². The van der Waals surface area contributed by atoms with Crippen LogP contribution in [-0.4, -0.2) is 62.9 Å². The van der Waals surface area contributed by atoms with Crippen molar-refractivity contribution in [3.8, 4) is 0 Å². The number of nitrogens with one attached hydrogen (secondary N) is 1. The van der Waals surface area contributed by atoms with E-state index in [2.05, 4.69) is 39.1 Å². The van der Waals surface area contributed by atoms with Crippen LogP contribution in [-0.2, 0) is 4.74 Å². The number of aryl methyl sites for hydroxylation is 1. The summed E-state index contributed by atoms with van der Waals surface area (Å²) in [5.41, 5.74) is 0.937. The average Bonchev–Trinajstić information content (AvgIpc) is 2.85. The normalized spacial score (nSPS) is 23.6. The maximum absolute atomic E-state index is 5.75. The van der Waals surface area contributed by atoms with Crippen LogP contribution in [0.5, 0.6) is 0 Å². The van der Waals surface area contributed by atoms with Crippen LogP contribution in [0.25, 0.3) is 5.78 Å². The average molecular weight is 290 g/mol. The van der Waals surface area contributed by atoms with E-state index >= 15 is 0 Å². The molecular formula is C14H22N6O. The van der Waals surface area contributed by atoms with Crippen molar-refractivity contribution in [2.75, 3.05) is 31.5 Å². The number of aromatic nitrogens is 4. The van der Waals surface area contributed by atoms with Crippen molar-refractivity contribution in [1.82, 2.24) is 24.5 Å². The molecule has 1 N–H and O–H groups in total. The summed E-state index contributed by atoms with van der Waals surface area (Å²) in [5.74, 6) is 1.57. The highest BCUT2D eigenvalue weighted by atomic mass is 16.5.